The predicted octanol–water partition coefficient (Wildman–Crippen LogP) is 4.19. The Kier molecular flexibility index (Phi) is 5.13. The molecule has 0 bridgehead atoms. The molecule has 0 unspecified atom stereocenters. The second kappa shape index (κ2) is 6.87. The molecule has 0 radical (unpaired) electrons. The summed E-state index contributed by atoms with van der Waals surface area (Å²) in [5.41, 5.74) is 6.21. The number of amides is 3. The minimum Gasteiger partial charge on any atom is -0.397 e. The molecule has 0 heterocycles. The lowest BCUT2D eigenvalue weighted by Gasteiger charge is -2.10. The monoisotopic (exact) mass is 357 g/mol. The predicted molar refractivity (Wildman–Crippen MR) is 88.8 cm³/mol. The van der Waals surface area contributed by atoms with Crippen molar-refractivity contribution in [1.82, 2.24) is 5.32 Å². The molecule has 8 heteroatoms. The van der Waals surface area contributed by atoms with Gasteiger partial charge in [-0.25, -0.2) is 4.79 Å². The highest BCUT2D eigenvalue weighted by Gasteiger charge is 2.15. The average molecular weight is 359 g/mol. The minimum absolute atomic E-state index is 0.129. The van der Waals surface area contributed by atoms with Crippen molar-refractivity contribution < 1.29 is 9.59 Å². The van der Waals surface area contributed by atoms with Gasteiger partial charge in [0.1, 0.15) is 0 Å². The number of anilines is 2. The number of nitrogens with two attached hydrogens (primary N) is 1. The van der Waals surface area contributed by atoms with Crippen molar-refractivity contribution in [3.63, 3.8) is 0 Å². The Hall–Kier alpha value is -1.95. The molecule has 0 fully saturated rings. The molecule has 0 aliphatic heterocycles. The zero-order valence-corrected chi connectivity index (χ0v) is 13.3. The van der Waals surface area contributed by atoms with Crippen LogP contribution in [0.4, 0.5) is 16.2 Å². The summed E-state index contributed by atoms with van der Waals surface area (Å²) in [6, 6.07) is 8.43. The van der Waals surface area contributed by atoms with Crippen LogP contribution in [0.3, 0.4) is 0 Å². The van der Waals surface area contributed by atoms with Crippen molar-refractivity contribution in [2.45, 2.75) is 0 Å². The fourth-order valence-electron chi connectivity index (χ4n) is 1.67. The fraction of sp³-hybridized carbons (Fsp3) is 0. The molecule has 2 aromatic rings. The van der Waals surface area contributed by atoms with Crippen molar-refractivity contribution in [2.75, 3.05) is 11.1 Å². The molecule has 0 atom stereocenters. The molecule has 0 aromatic heterocycles. The maximum Gasteiger partial charge on any atom is 0.326 e. The van der Waals surface area contributed by atoms with Gasteiger partial charge in [-0.1, -0.05) is 46.9 Å². The molecule has 0 spiro atoms. The van der Waals surface area contributed by atoms with Crippen molar-refractivity contribution in [3.05, 3.63) is 57.0 Å². The van der Waals surface area contributed by atoms with Gasteiger partial charge in [0.15, 0.2) is 0 Å². The van der Waals surface area contributed by atoms with Gasteiger partial charge in [-0.15, -0.1) is 0 Å². The van der Waals surface area contributed by atoms with Crippen LogP contribution in [0.2, 0.25) is 15.1 Å². The molecule has 0 aliphatic carbocycles. The Morgan fingerprint density at radius 3 is 2.41 bits per heavy atom. The van der Waals surface area contributed by atoms with E-state index in [1.54, 1.807) is 18.2 Å². The van der Waals surface area contributed by atoms with E-state index in [0.717, 1.165) is 0 Å². The number of carbonyl (C=O) groups is 2. The molecule has 0 saturated heterocycles. The first-order valence-corrected chi connectivity index (χ1v) is 7.13. The maximum absolute atomic E-state index is 11.9. The Morgan fingerprint density at radius 2 is 1.73 bits per heavy atom. The van der Waals surface area contributed by atoms with Crippen LogP contribution in [0.15, 0.2) is 36.4 Å². The largest absolute Gasteiger partial charge is 0.397 e. The molecule has 2 aromatic carbocycles. The van der Waals surface area contributed by atoms with Gasteiger partial charge in [0.25, 0.3) is 5.91 Å². The van der Waals surface area contributed by atoms with Gasteiger partial charge in [0, 0.05) is 5.02 Å². The number of halogens is 3. The van der Waals surface area contributed by atoms with E-state index >= 15 is 0 Å². The lowest BCUT2D eigenvalue weighted by molar-refractivity contribution is 0.0967. The first-order valence-electron chi connectivity index (χ1n) is 6.00. The van der Waals surface area contributed by atoms with Crippen LogP contribution >= 0.6 is 34.8 Å². The first-order chi connectivity index (χ1) is 10.4. The fourth-order valence-corrected chi connectivity index (χ4v) is 2.28. The van der Waals surface area contributed by atoms with Crippen LogP contribution in [0.25, 0.3) is 0 Å². The number of urea groups is 1. The Morgan fingerprint density at radius 1 is 1.05 bits per heavy atom. The molecule has 2 rings (SSSR count). The van der Waals surface area contributed by atoms with Crippen LogP contribution in [0.1, 0.15) is 10.4 Å². The molecule has 0 aliphatic rings. The summed E-state index contributed by atoms with van der Waals surface area (Å²) in [5, 5.41) is 5.20. The summed E-state index contributed by atoms with van der Waals surface area (Å²) < 4.78 is 0. The quantitative estimate of drug-likeness (QED) is 0.704. The van der Waals surface area contributed by atoms with E-state index in [4.69, 9.17) is 40.5 Å². The second-order valence-corrected chi connectivity index (χ2v) is 5.47. The highest BCUT2D eigenvalue weighted by atomic mass is 35.5. The van der Waals surface area contributed by atoms with Crippen LogP contribution in [-0.4, -0.2) is 11.9 Å². The van der Waals surface area contributed by atoms with Crippen LogP contribution in [0, 0.1) is 0 Å². The smallest absolute Gasteiger partial charge is 0.326 e. The van der Waals surface area contributed by atoms with E-state index < -0.39 is 11.9 Å². The van der Waals surface area contributed by atoms with Crippen LogP contribution in [0.5, 0.6) is 0 Å². The van der Waals surface area contributed by atoms with E-state index in [1.807, 2.05) is 0 Å². The van der Waals surface area contributed by atoms with Gasteiger partial charge < -0.3 is 11.1 Å². The first kappa shape index (κ1) is 16.4. The molecule has 5 nitrogen and oxygen atoms in total. The molecular weight excluding hydrogens is 349 g/mol. The lowest BCUT2D eigenvalue weighted by atomic mass is 10.2. The lowest BCUT2D eigenvalue weighted by Crippen LogP contribution is -2.34. The number of rotatable bonds is 2. The van der Waals surface area contributed by atoms with Gasteiger partial charge in [-0.2, -0.15) is 0 Å². The summed E-state index contributed by atoms with van der Waals surface area (Å²) in [6.07, 6.45) is 0. The number of nitrogen functional groups attached to an aromatic ring is 1. The highest BCUT2D eigenvalue weighted by molar-refractivity contribution is 6.38. The molecule has 3 amide bonds. The summed E-state index contributed by atoms with van der Waals surface area (Å²) in [4.78, 5) is 23.8. The third kappa shape index (κ3) is 3.82. The standard InChI is InChI=1S/C14H10Cl3N3O2/c15-7-5-10(18)12(17)11(6-7)19-14(22)20-13(21)8-3-1-2-4-9(8)16/h1-6H,18H2,(H2,19,20,21,22). The van der Waals surface area contributed by atoms with Gasteiger partial charge in [-0.3, -0.25) is 10.1 Å². The second-order valence-electron chi connectivity index (χ2n) is 4.24. The van der Waals surface area contributed by atoms with Crippen molar-refractivity contribution in [2.24, 2.45) is 0 Å². The third-order valence-corrected chi connectivity index (χ3v) is 3.63. The van der Waals surface area contributed by atoms with Gasteiger partial charge in [-0.05, 0) is 24.3 Å². The summed E-state index contributed by atoms with van der Waals surface area (Å²) in [7, 11) is 0. The number of hydrogen-bond acceptors (Lipinski definition) is 3. The topological polar surface area (TPSA) is 84.2 Å². The maximum atomic E-state index is 11.9. The summed E-state index contributed by atoms with van der Waals surface area (Å²) in [6.45, 7) is 0. The average Bonchev–Trinajstić information content (AvgIpc) is 2.44. The van der Waals surface area contributed by atoms with Crippen molar-refractivity contribution in [3.8, 4) is 0 Å². The summed E-state index contributed by atoms with van der Waals surface area (Å²) >= 11 is 17.7. The van der Waals surface area contributed by atoms with Crippen molar-refractivity contribution in [1.29, 1.82) is 0 Å². The molecule has 114 valence electrons. The molecule has 22 heavy (non-hydrogen) atoms. The van der Waals surface area contributed by atoms with E-state index in [-0.39, 0.29) is 27.0 Å². The SMILES string of the molecule is Nc1cc(Cl)cc(NC(=O)NC(=O)c2ccccc2Cl)c1Cl. The number of benzene rings is 2. The molecule has 4 N–H and O–H groups in total. The van der Waals surface area contributed by atoms with Gasteiger partial charge in [0.05, 0.1) is 27.0 Å². The summed E-state index contributed by atoms with van der Waals surface area (Å²) in [5.74, 6) is -0.644. The Labute approximate surface area is 141 Å². The van der Waals surface area contributed by atoms with Crippen LogP contribution in [-0.2, 0) is 0 Å². The number of imide groups is 1. The van der Waals surface area contributed by atoms with Crippen molar-refractivity contribution >= 4 is 58.1 Å². The zero-order chi connectivity index (χ0) is 16.3. The van der Waals surface area contributed by atoms with Gasteiger partial charge >= 0.3 is 6.03 Å². The van der Waals surface area contributed by atoms with Gasteiger partial charge in [0.2, 0.25) is 0 Å². The highest BCUT2D eigenvalue weighted by Crippen LogP contribution is 2.31. The van der Waals surface area contributed by atoms with E-state index in [2.05, 4.69) is 10.6 Å². The normalized spacial score (nSPS) is 10.1. The van der Waals surface area contributed by atoms with E-state index in [1.165, 1.54) is 18.2 Å². The molecule has 0 saturated carbocycles. The zero-order valence-electron chi connectivity index (χ0n) is 11.0. The Balaban J connectivity index is 2.11. The number of nitrogens with one attached hydrogen (secondary N) is 2. The van der Waals surface area contributed by atoms with E-state index in [9.17, 15) is 9.59 Å². The molecular formula is C14H10Cl3N3O2. The Bertz CT molecular complexity index is 750. The minimum atomic E-state index is -0.784. The number of carbonyl (C=O) groups excluding carboxylic acids is 2. The van der Waals surface area contributed by atoms with Crippen LogP contribution < -0.4 is 16.4 Å². The number of hydrogen-bond donors (Lipinski definition) is 3. The third-order valence-electron chi connectivity index (χ3n) is 2.66. The van der Waals surface area contributed by atoms with E-state index in [0.29, 0.717) is 5.02 Å².